The first-order chi connectivity index (χ1) is 7.93. The summed E-state index contributed by atoms with van der Waals surface area (Å²) in [5.41, 5.74) is 1.54. The fourth-order valence-electron chi connectivity index (χ4n) is 3.39. The zero-order valence-corrected chi connectivity index (χ0v) is 9.94. The molecule has 1 saturated heterocycles. The van der Waals surface area contributed by atoms with E-state index < -0.39 is 0 Å². The van der Waals surface area contributed by atoms with Gasteiger partial charge >= 0.3 is 0 Å². The molecule has 1 unspecified atom stereocenters. The van der Waals surface area contributed by atoms with Crippen LogP contribution in [0.15, 0.2) is 30.3 Å². The van der Waals surface area contributed by atoms with Gasteiger partial charge in [0.15, 0.2) is 0 Å². The van der Waals surface area contributed by atoms with Crippen LogP contribution >= 0.6 is 0 Å². The average molecular weight is 215 g/mol. The number of rotatable bonds is 2. The number of nitrogens with zero attached hydrogens (tertiary/aromatic N) is 1. The fraction of sp³-hybridized carbons (Fsp3) is 0.600. The minimum absolute atomic E-state index is 0.793. The molecular weight excluding hydrogens is 194 g/mol. The third-order valence-electron chi connectivity index (χ3n) is 4.33. The van der Waals surface area contributed by atoms with E-state index in [1.807, 2.05) is 0 Å². The molecule has 1 aromatic carbocycles. The first-order valence-electron chi connectivity index (χ1n) is 6.72. The highest BCUT2D eigenvalue weighted by Gasteiger charge is 2.30. The molecule has 1 aliphatic heterocycles. The third kappa shape index (κ3) is 2.01. The van der Waals surface area contributed by atoms with Crippen LogP contribution in [-0.4, -0.2) is 24.0 Å². The van der Waals surface area contributed by atoms with Gasteiger partial charge in [-0.25, -0.2) is 0 Å². The molecule has 16 heavy (non-hydrogen) atoms. The molecule has 0 amide bonds. The maximum absolute atomic E-state index is 2.74. The van der Waals surface area contributed by atoms with Crippen molar-refractivity contribution in [3.63, 3.8) is 0 Å². The highest BCUT2D eigenvalue weighted by atomic mass is 15.2. The summed E-state index contributed by atoms with van der Waals surface area (Å²) in [6.45, 7) is 2.62. The summed E-state index contributed by atoms with van der Waals surface area (Å²) < 4.78 is 0. The molecule has 2 fully saturated rings. The van der Waals surface area contributed by atoms with Gasteiger partial charge in [-0.3, -0.25) is 4.90 Å². The summed E-state index contributed by atoms with van der Waals surface area (Å²) in [5.74, 6) is 0.793. The Balaban J connectivity index is 1.64. The van der Waals surface area contributed by atoms with Crippen LogP contribution in [0.3, 0.4) is 0 Å². The van der Waals surface area contributed by atoms with Gasteiger partial charge in [0.1, 0.15) is 0 Å². The summed E-state index contributed by atoms with van der Waals surface area (Å²) in [4.78, 5) is 2.74. The quantitative estimate of drug-likeness (QED) is 0.730. The Morgan fingerprint density at radius 3 is 2.44 bits per heavy atom. The Morgan fingerprint density at radius 1 is 0.938 bits per heavy atom. The van der Waals surface area contributed by atoms with Crippen molar-refractivity contribution < 1.29 is 0 Å². The van der Waals surface area contributed by atoms with Crippen molar-refractivity contribution in [2.24, 2.45) is 0 Å². The predicted molar refractivity (Wildman–Crippen MR) is 67.6 cm³/mol. The van der Waals surface area contributed by atoms with Gasteiger partial charge in [0.2, 0.25) is 0 Å². The number of hydrogen-bond acceptors (Lipinski definition) is 1. The van der Waals surface area contributed by atoms with Gasteiger partial charge in [0, 0.05) is 12.6 Å². The summed E-state index contributed by atoms with van der Waals surface area (Å²) in [6.07, 6.45) is 7.16. The van der Waals surface area contributed by atoms with E-state index in [9.17, 15) is 0 Å². The minimum Gasteiger partial charge on any atom is -0.300 e. The zero-order chi connectivity index (χ0) is 10.8. The van der Waals surface area contributed by atoms with Gasteiger partial charge in [-0.2, -0.15) is 0 Å². The maximum Gasteiger partial charge on any atom is 0.00955 e. The van der Waals surface area contributed by atoms with E-state index >= 15 is 0 Å². The Kier molecular flexibility index (Phi) is 2.96. The van der Waals surface area contributed by atoms with E-state index in [4.69, 9.17) is 0 Å². The van der Waals surface area contributed by atoms with Crippen molar-refractivity contribution in [2.75, 3.05) is 13.1 Å². The second kappa shape index (κ2) is 4.58. The maximum atomic E-state index is 2.74. The molecule has 1 nitrogen and oxygen atoms in total. The second-order valence-corrected chi connectivity index (χ2v) is 5.33. The normalized spacial score (nSPS) is 27.6. The van der Waals surface area contributed by atoms with Crippen LogP contribution in [0.2, 0.25) is 0 Å². The summed E-state index contributed by atoms with van der Waals surface area (Å²) in [6, 6.07) is 12.0. The average Bonchev–Trinajstić information content (AvgIpc) is 3.01. The molecule has 1 heterocycles. The number of hydrogen-bond donors (Lipinski definition) is 0. The van der Waals surface area contributed by atoms with Gasteiger partial charge in [0.25, 0.3) is 0 Å². The lowest BCUT2D eigenvalue weighted by atomic mass is 9.99. The van der Waals surface area contributed by atoms with Crippen LogP contribution in [0, 0.1) is 0 Å². The van der Waals surface area contributed by atoms with Crippen molar-refractivity contribution >= 4 is 0 Å². The summed E-state index contributed by atoms with van der Waals surface area (Å²) in [5, 5.41) is 0. The van der Waals surface area contributed by atoms with Crippen LogP contribution in [0.5, 0.6) is 0 Å². The smallest absolute Gasteiger partial charge is 0.00955 e. The summed E-state index contributed by atoms with van der Waals surface area (Å²) >= 11 is 0. The van der Waals surface area contributed by atoms with Gasteiger partial charge in [-0.05, 0) is 37.3 Å². The predicted octanol–water partition coefficient (Wildman–Crippen LogP) is 3.42. The molecule has 1 saturated carbocycles. The Labute approximate surface area is 98.5 Å². The van der Waals surface area contributed by atoms with E-state index in [0.717, 1.165) is 12.0 Å². The molecule has 1 atom stereocenters. The lowest BCUT2D eigenvalue weighted by Gasteiger charge is -2.23. The minimum atomic E-state index is 0.793. The van der Waals surface area contributed by atoms with Crippen molar-refractivity contribution in [1.29, 1.82) is 0 Å². The lowest BCUT2D eigenvalue weighted by Crippen LogP contribution is -2.30. The second-order valence-electron chi connectivity index (χ2n) is 5.33. The van der Waals surface area contributed by atoms with Crippen LogP contribution in [0.25, 0.3) is 0 Å². The van der Waals surface area contributed by atoms with Gasteiger partial charge < -0.3 is 0 Å². The molecule has 0 aromatic heterocycles. The lowest BCUT2D eigenvalue weighted by molar-refractivity contribution is 0.243. The van der Waals surface area contributed by atoms with E-state index in [1.165, 1.54) is 45.2 Å². The molecule has 2 aliphatic rings. The Morgan fingerprint density at radius 2 is 1.69 bits per heavy atom. The molecule has 0 radical (unpaired) electrons. The summed E-state index contributed by atoms with van der Waals surface area (Å²) in [7, 11) is 0. The molecular formula is C15H21N. The number of benzene rings is 1. The Bertz CT molecular complexity index is 327. The first kappa shape index (κ1) is 10.3. The van der Waals surface area contributed by atoms with Crippen LogP contribution in [0.4, 0.5) is 0 Å². The van der Waals surface area contributed by atoms with Crippen LogP contribution < -0.4 is 0 Å². The van der Waals surface area contributed by atoms with Gasteiger partial charge in [-0.15, -0.1) is 0 Å². The van der Waals surface area contributed by atoms with Crippen LogP contribution in [-0.2, 0) is 0 Å². The van der Waals surface area contributed by atoms with Crippen molar-refractivity contribution in [2.45, 2.75) is 44.1 Å². The molecule has 86 valence electrons. The van der Waals surface area contributed by atoms with E-state index in [0.29, 0.717) is 0 Å². The van der Waals surface area contributed by atoms with Gasteiger partial charge in [-0.1, -0.05) is 43.2 Å². The highest BCUT2D eigenvalue weighted by molar-refractivity contribution is 5.21. The highest BCUT2D eigenvalue weighted by Crippen LogP contribution is 2.32. The first-order valence-corrected chi connectivity index (χ1v) is 6.72. The standard InChI is InChI=1S/C15H21N/c1-2-6-13(7-3-1)14-10-11-16(12-14)15-8-4-5-9-15/h1-3,6-7,14-15H,4-5,8-12H2. The van der Waals surface area contributed by atoms with Crippen molar-refractivity contribution in [3.8, 4) is 0 Å². The monoisotopic (exact) mass is 215 g/mol. The van der Waals surface area contributed by atoms with Gasteiger partial charge in [0.05, 0.1) is 0 Å². The Hall–Kier alpha value is -0.820. The molecule has 0 bridgehead atoms. The van der Waals surface area contributed by atoms with E-state index in [1.54, 1.807) is 5.56 Å². The zero-order valence-electron chi connectivity index (χ0n) is 9.94. The molecule has 1 heteroatoms. The van der Waals surface area contributed by atoms with Crippen molar-refractivity contribution in [1.82, 2.24) is 4.90 Å². The topological polar surface area (TPSA) is 3.24 Å². The molecule has 0 N–H and O–H groups in total. The number of likely N-dealkylation sites (tertiary alicyclic amines) is 1. The van der Waals surface area contributed by atoms with E-state index in [-0.39, 0.29) is 0 Å². The van der Waals surface area contributed by atoms with Crippen molar-refractivity contribution in [3.05, 3.63) is 35.9 Å². The van der Waals surface area contributed by atoms with Crippen LogP contribution in [0.1, 0.15) is 43.6 Å². The fourth-order valence-corrected chi connectivity index (χ4v) is 3.39. The molecule has 0 spiro atoms. The molecule has 1 aromatic rings. The van der Waals surface area contributed by atoms with E-state index in [2.05, 4.69) is 35.2 Å². The largest absolute Gasteiger partial charge is 0.300 e. The SMILES string of the molecule is c1ccc(C2CCN(C3CCCC3)C2)cc1. The molecule has 1 aliphatic carbocycles. The molecule has 3 rings (SSSR count). The third-order valence-corrected chi connectivity index (χ3v) is 4.33.